The van der Waals surface area contributed by atoms with Crippen LogP contribution in [0.4, 0.5) is 0 Å². The molecule has 1 heterocycles. The number of hydrogen-bond acceptors (Lipinski definition) is 3. The zero-order chi connectivity index (χ0) is 16.9. The fraction of sp³-hybridized carbons (Fsp3) is 0.286. The molecule has 2 nitrogen and oxygen atoms in total. The maximum Gasteiger partial charge on any atom is 0.134 e. The lowest BCUT2D eigenvalue weighted by Gasteiger charge is -2.13. The summed E-state index contributed by atoms with van der Waals surface area (Å²) in [5.74, 6) is 0. The number of rotatable bonds is 6. The summed E-state index contributed by atoms with van der Waals surface area (Å²) in [5.41, 5.74) is 5.93. The van der Waals surface area contributed by atoms with Crippen molar-refractivity contribution in [1.29, 1.82) is 0 Å². The summed E-state index contributed by atoms with van der Waals surface area (Å²) in [7, 11) is 0. The van der Waals surface area contributed by atoms with E-state index in [0.29, 0.717) is 5.25 Å². The van der Waals surface area contributed by atoms with Crippen molar-refractivity contribution in [2.24, 2.45) is 5.16 Å². The van der Waals surface area contributed by atoms with E-state index in [1.165, 1.54) is 16.7 Å². The predicted octanol–water partition coefficient (Wildman–Crippen LogP) is 5.46. The molecule has 2 atom stereocenters. The van der Waals surface area contributed by atoms with Gasteiger partial charge >= 0.3 is 0 Å². The Kier molecular flexibility index (Phi) is 5.41. The summed E-state index contributed by atoms with van der Waals surface area (Å²) in [4.78, 5) is 5.61. The van der Waals surface area contributed by atoms with Gasteiger partial charge in [-0.3, -0.25) is 0 Å². The fourth-order valence-electron chi connectivity index (χ4n) is 2.87. The normalized spacial score (nSPS) is 17.9. The summed E-state index contributed by atoms with van der Waals surface area (Å²) < 4.78 is 0. The smallest absolute Gasteiger partial charge is 0.134 e. The molecule has 0 aromatic heterocycles. The lowest BCUT2D eigenvalue weighted by Crippen LogP contribution is -2.14. The molecular formula is C21H23NOS. The van der Waals surface area contributed by atoms with Gasteiger partial charge in [0.25, 0.3) is 0 Å². The van der Waals surface area contributed by atoms with Gasteiger partial charge in [-0.15, -0.1) is 6.58 Å². The van der Waals surface area contributed by atoms with Crippen LogP contribution in [0.5, 0.6) is 0 Å². The second-order valence-electron chi connectivity index (χ2n) is 6.16. The molecule has 3 heteroatoms. The van der Waals surface area contributed by atoms with Crippen molar-refractivity contribution in [2.75, 3.05) is 6.26 Å². The van der Waals surface area contributed by atoms with Crippen LogP contribution in [0.3, 0.4) is 0 Å². The van der Waals surface area contributed by atoms with E-state index in [0.717, 1.165) is 24.1 Å². The molecule has 1 aliphatic heterocycles. The van der Waals surface area contributed by atoms with Crippen molar-refractivity contribution in [3.8, 4) is 11.1 Å². The summed E-state index contributed by atoms with van der Waals surface area (Å²) >= 11 is 1.81. The summed E-state index contributed by atoms with van der Waals surface area (Å²) in [6.45, 7) is 5.99. The molecule has 0 saturated heterocycles. The van der Waals surface area contributed by atoms with E-state index < -0.39 is 0 Å². The number of thioether (sulfide) groups is 1. The molecule has 1 aliphatic rings. The van der Waals surface area contributed by atoms with Crippen LogP contribution in [0, 0.1) is 6.92 Å². The first-order chi connectivity index (χ1) is 11.7. The van der Waals surface area contributed by atoms with Gasteiger partial charge in [0.1, 0.15) is 6.10 Å². The molecule has 0 N–H and O–H groups in total. The van der Waals surface area contributed by atoms with Gasteiger partial charge in [-0.2, -0.15) is 11.8 Å². The summed E-state index contributed by atoms with van der Waals surface area (Å²) in [5, 5.41) is 4.72. The quantitative estimate of drug-likeness (QED) is 0.653. The first kappa shape index (κ1) is 16.8. The molecule has 0 bridgehead atoms. The van der Waals surface area contributed by atoms with Crippen LogP contribution >= 0.6 is 11.8 Å². The second-order valence-corrected chi connectivity index (χ2v) is 7.24. The molecule has 0 fully saturated rings. The van der Waals surface area contributed by atoms with E-state index in [-0.39, 0.29) is 6.10 Å². The Balaban J connectivity index is 1.66. The van der Waals surface area contributed by atoms with Crippen LogP contribution in [0.15, 0.2) is 66.3 Å². The molecule has 124 valence electrons. The van der Waals surface area contributed by atoms with Gasteiger partial charge in [0.15, 0.2) is 0 Å². The maximum atomic E-state index is 5.61. The third-order valence-corrected chi connectivity index (χ3v) is 5.39. The Morgan fingerprint density at radius 1 is 1.12 bits per heavy atom. The van der Waals surface area contributed by atoms with Crippen molar-refractivity contribution in [3.05, 3.63) is 72.3 Å². The Bertz CT molecular complexity index is 719. The van der Waals surface area contributed by atoms with Gasteiger partial charge in [0, 0.05) is 18.1 Å². The van der Waals surface area contributed by atoms with Crippen molar-refractivity contribution in [3.63, 3.8) is 0 Å². The number of oxime groups is 1. The molecule has 2 unspecified atom stereocenters. The van der Waals surface area contributed by atoms with Gasteiger partial charge in [0.2, 0.25) is 0 Å². The van der Waals surface area contributed by atoms with Crippen molar-refractivity contribution in [1.82, 2.24) is 0 Å². The summed E-state index contributed by atoms with van der Waals surface area (Å²) in [6.07, 6.45) is 6.08. The van der Waals surface area contributed by atoms with E-state index in [9.17, 15) is 0 Å². The van der Waals surface area contributed by atoms with Crippen molar-refractivity contribution >= 4 is 17.5 Å². The third kappa shape index (κ3) is 3.90. The SMILES string of the molecule is C=CC(CC1CC(c2ccc(-c3ccc(C)cc3)cc2)=NO1)SC. The van der Waals surface area contributed by atoms with Crippen LogP contribution in [0.1, 0.15) is 24.0 Å². The molecule has 0 aliphatic carbocycles. The van der Waals surface area contributed by atoms with Gasteiger partial charge in [0.05, 0.1) is 5.71 Å². The highest BCUT2D eigenvalue weighted by Crippen LogP contribution is 2.26. The average Bonchev–Trinajstić information content (AvgIpc) is 3.09. The van der Waals surface area contributed by atoms with Gasteiger partial charge in [-0.25, -0.2) is 0 Å². The second kappa shape index (κ2) is 7.71. The van der Waals surface area contributed by atoms with Gasteiger partial charge in [-0.1, -0.05) is 65.3 Å². The van der Waals surface area contributed by atoms with Gasteiger partial charge in [-0.05, 0) is 29.9 Å². The highest BCUT2D eigenvalue weighted by atomic mass is 32.2. The number of hydrogen-bond donors (Lipinski definition) is 0. The molecule has 3 rings (SSSR count). The summed E-state index contributed by atoms with van der Waals surface area (Å²) in [6, 6.07) is 17.2. The Morgan fingerprint density at radius 3 is 2.29 bits per heavy atom. The minimum absolute atomic E-state index is 0.159. The Hall–Kier alpha value is -2.00. The number of benzene rings is 2. The Morgan fingerprint density at radius 2 is 1.71 bits per heavy atom. The first-order valence-electron chi connectivity index (χ1n) is 8.25. The van der Waals surface area contributed by atoms with E-state index in [4.69, 9.17) is 4.84 Å². The molecule has 24 heavy (non-hydrogen) atoms. The van der Waals surface area contributed by atoms with Crippen molar-refractivity contribution < 1.29 is 4.84 Å². The lowest BCUT2D eigenvalue weighted by molar-refractivity contribution is 0.0809. The van der Waals surface area contributed by atoms with Crippen LogP contribution in [0.2, 0.25) is 0 Å². The van der Waals surface area contributed by atoms with E-state index >= 15 is 0 Å². The standard InChI is InChI=1S/C21H23NOS/c1-4-20(24-3)13-19-14-21(22-23-19)18-11-9-17(10-12-18)16-7-5-15(2)6-8-16/h4-12,19-20H,1,13-14H2,2-3H3. The first-order valence-corrected chi connectivity index (χ1v) is 9.54. The third-order valence-electron chi connectivity index (χ3n) is 4.40. The van der Waals surface area contributed by atoms with E-state index in [2.05, 4.69) is 73.4 Å². The highest BCUT2D eigenvalue weighted by Gasteiger charge is 2.24. The van der Waals surface area contributed by atoms with E-state index in [1.807, 2.05) is 6.08 Å². The van der Waals surface area contributed by atoms with Crippen molar-refractivity contribution in [2.45, 2.75) is 31.1 Å². The monoisotopic (exact) mass is 337 g/mol. The molecule has 0 amide bonds. The maximum absolute atomic E-state index is 5.61. The van der Waals surface area contributed by atoms with E-state index in [1.54, 1.807) is 11.8 Å². The Labute approximate surface area is 148 Å². The molecule has 2 aromatic carbocycles. The molecule has 0 radical (unpaired) electrons. The van der Waals surface area contributed by atoms with Crippen LogP contribution < -0.4 is 0 Å². The molecule has 2 aromatic rings. The molecule has 0 spiro atoms. The molecular weight excluding hydrogens is 314 g/mol. The highest BCUT2D eigenvalue weighted by molar-refractivity contribution is 7.99. The average molecular weight is 337 g/mol. The van der Waals surface area contributed by atoms with Crippen LogP contribution in [-0.4, -0.2) is 23.3 Å². The number of nitrogens with zero attached hydrogens (tertiary/aromatic N) is 1. The lowest BCUT2D eigenvalue weighted by atomic mass is 9.98. The predicted molar refractivity (Wildman–Crippen MR) is 105 cm³/mol. The minimum Gasteiger partial charge on any atom is -0.392 e. The van der Waals surface area contributed by atoms with Gasteiger partial charge < -0.3 is 4.84 Å². The minimum atomic E-state index is 0.159. The van der Waals surface area contributed by atoms with Crippen LogP contribution in [0.25, 0.3) is 11.1 Å². The number of aryl methyl sites for hydroxylation is 1. The zero-order valence-electron chi connectivity index (χ0n) is 14.2. The molecule has 0 saturated carbocycles. The fourth-order valence-corrected chi connectivity index (χ4v) is 3.47. The topological polar surface area (TPSA) is 21.6 Å². The zero-order valence-corrected chi connectivity index (χ0v) is 15.1. The van der Waals surface area contributed by atoms with Crippen LogP contribution in [-0.2, 0) is 4.84 Å². The largest absolute Gasteiger partial charge is 0.392 e.